The maximum atomic E-state index is 12.0. The minimum absolute atomic E-state index is 0.232. The van der Waals surface area contributed by atoms with Crippen LogP contribution in [0.2, 0.25) is 0 Å². The van der Waals surface area contributed by atoms with E-state index in [1.54, 1.807) is 12.1 Å². The van der Waals surface area contributed by atoms with Gasteiger partial charge in [0.2, 0.25) is 0 Å². The Kier molecular flexibility index (Phi) is 2.27. The number of hydrogen-bond donors (Lipinski definition) is 0. The molecule has 1 aliphatic heterocycles. The lowest BCUT2D eigenvalue weighted by atomic mass is 9.90. The van der Waals surface area contributed by atoms with Gasteiger partial charge in [-0.2, -0.15) is 5.26 Å². The van der Waals surface area contributed by atoms with Crippen LogP contribution >= 0.6 is 0 Å². The SMILES string of the molecule is N#Cc1ccc2c(c1)S(=O)(=O)CCC2C1CC1. The number of nitriles is 1. The molecule has 1 aliphatic carbocycles. The summed E-state index contributed by atoms with van der Waals surface area (Å²) in [6.07, 6.45) is 3.17. The standard InChI is InChI=1S/C13H13NO2S/c14-8-9-1-4-12-11(10-2-3-10)5-6-17(15,16)13(12)7-9/h1,4,7,10-11H,2-3,5-6H2. The van der Waals surface area contributed by atoms with Crippen LogP contribution in [0.4, 0.5) is 0 Å². The molecule has 1 atom stereocenters. The molecule has 88 valence electrons. The van der Waals surface area contributed by atoms with Crippen molar-refractivity contribution in [2.45, 2.75) is 30.1 Å². The third-order valence-corrected chi connectivity index (χ3v) is 5.56. The summed E-state index contributed by atoms with van der Waals surface area (Å²) in [5.74, 6) is 1.29. The molecule has 1 saturated carbocycles. The molecule has 0 spiro atoms. The summed E-state index contributed by atoms with van der Waals surface area (Å²) < 4.78 is 24.0. The molecule has 0 N–H and O–H groups in total. The molecule has 1 heterocycles. The van der Waals surface area contributed by atoms with E-state index in [9.17, 15) is 8.42 Å². The summed E-state index contributed by atoms with van der Waals surface area (Å²) in [6, 6.07) is 7.12. The van der Waals surface area contributed by atoms with E-state index in [0.29, 0.717) is 22.3 Å². The maximum Gasteiger partial charge on any atom is 0.178 e. The molecule has 3 nitrogen and oxygen atoms in total. The highest BCUT2D eigenvalue weighted by molar-refractivity contribution is 7.91. The lowest BCUT2D eigenvalue weighted by Crippen LogP contribution is -2.21. The van der Waals surface area contributed by atoms with Gasteiger partial charge in [0.05, 0.1) is 22.3 Å². The molecular weight excluding hydrogens is 234 g/mol. The van der Waals surface area contributed by atoms with Crippen LogP contribution in [0.3, 0.4) is 0 Å². The van der Waals surface area contributed by atoms with Gasteiger partial charge in [0, 0.05) is 0 Å². The molecule has 1 aromatic rings. The van der Waals surface area contributed by atoms with E-state index in [0.717, 1.165) is 12.0 Å². The van der Waals surface area contributed by atoms with E-state index in [-0.39, 0.29) is 5.75 Å². The van der Waals surface area contributed by atoms with Crippen molar-refractivity contribution in [3.63, 3.8) is 0 Å². The van der Waals surface area contributed by atoms with Gasteiger partial charge < -0.3 is 0 Å². The van der Waals surface area contributed by atoms with E-state index >= 15 is 0 Å². The highest BCUT2D eigenvalue weighted by Crippen LogP contribution is 2.48. The fourth-order valence-electron chi connectivity index (χ4n) is 2.72. The van der Waals surface area contributed by atoms with Gasteiger partial charge in [0.15, 0.2) is 9.84 Å². The Labute approximate surface area is 101 Å². The molecule has 3 rings (SSSR count). The molecule has 0 bridgehead atoms. The summed E-state index contributed by atoms with van der Waals surface area (Å²) >= 11 is 0. The average Bonchev–Trinajstić information content (AvgIpc) is 3.13. The number of benzene rings is 1. The summed E-state index contributed by atoms with van der Waals surface area (Å²) in [5, 5.41) is 8.85. The van der Waals surface area contributed by atoms with Crippen molar-refractivity contribution < 1.29 is 8.42 Å². The first-order chi connectivity index (χ1) is 8.12. The first-order valence-electron chi connectivity index (χ1n) is 5.88. The predicted molar refractivity (Wildman–Crippen MR) is 63.3 cm³/mol. The molecule has 2 aliphatic rings. The smallest absolute Gasteiger partial charge is 0.178 e. The lowest BCUT2D eigenvalue weighted by molar-refractivity contribution is 0.534. The molecule has 1 unspecified atom stereocenters. The molecule has 0 aromatic heterocycles. The Hall–Kier alpha value is -1.34. The van der Waals surface area contributed by atoms with Crippen molar-refractivity contribution in [2.75, 3.05) is 5.75 Å². The highest BCUT2D eigenvalue weighted by atomic mass is 32.2. The van der Waals surface area contributed by atoms with Crippen LogP contribution in [-0.2, 0) is 9.84 Å². The Morgan fingerprint density at radius 3 is 2.65 bits per heavy atom. The zero-order valence-electron chi connectivity index (χ0n) is 9.39. The molecule has 0 amide bonds. The topological polar surface area (TPSA) is 57.9 Å². The second-order valence-electron chi connectivity index (χ2n) is 4.92. The van der Waals surface area contributed by atoms with E-state index < -0.39 is 9.84 Å². The van der Waals surface area contributed by atoms with Crippen molar-refractivity contribution in [1.82, 2.24) is 0 Å². The fraction of sp³-hybridized carbons (Fsp3) is 0.462. The van der Waals surface area contributed by atoms with E-state index in [4.69, 9.17) is 5.26 Å². The summed E-state index contributed by atoms with van der Waals surface area (Å²) in [7, 11) is -3.16. The van der Waals surface area contributed by atoms with Crippen molar-refractivity contribution >= 4 is 9.84 Å². The average molecular weight is 247 g/mol. The lowest BCUT2D eigenvalue weighted by Gasteiger charge is -2.25. The van der Waals surface area contributed by atoms with Crippen molar-refractivity contribution in [3.05, 3.63) is 29.3 Å². The normalized spacial score (nSPS) is 25.9. The van der Waals surface area contributed by atoms with Crippen LogP contribution in [0, 0.1) is 17.2 Å². The van der Waals surface area contributed by atoms with Gasteiger partial charge in [0.25, 0.3) is 0 Å². The molecule has 17 heavy (non-hydrogen) atoms. The van der Waals surface area contributed by atoms with Crippen LogP contribution in [-0.4, -0.2) is 14.2 Å². The summed E-state index contributed by atoms with van der Waals surface area (Å²) in [6.45, 7) is 0. The van der Waals surface area contributed by atoms with Gasteiger partial charge in [-0.25, -0.2) is 8.42 Å². The number of hydrogen-bond acceptors (Lipinski definition) is 3. The zero-order chi connectivity index (χ0) is 12.0. The minimum Gasteiger partial charge on any atom is -0.224 e. The summed E-state index contributed by atoms with van der Waals surface area (Å²) in [4.78, 5) is 0.403. The molecule has 0 radical (unpaired) electrons. The van der Waals surface area contributed by atoms with E-state index in [1.807, 2.05) is 12.1 Å². The Bertz CT molecular complexity index is 609. The summed E-state index contributed by atoms with van der Waals surface area (Å²) in [5.41, 5.74) is 1.38. The monoisotopic (exact) mass is 247 g/mol. The van der Waals surface area contributed by atoms with Crippen LogP contribution in [0.25, 0.3) is 0 Å². The quantitative estimate of drug-likeness (QED) is 0.764. The van der Waals surface area contributed by atoms with Crippen molar-refractivity contribution in [3.8, 4) is 6.07 Å². The van der Waals surface area contributed by atoms with E-state index in [2.05, 4.69) is 0 Å². The largest absolute Gasteiger partial charge is 0.224 e. The second kappa shape index (κ2) is 3.58. The third-order valence-electron chi connectivity index (χ3n) is 3.77. The van der Waals surface area contributed by atoms with Gasteiger partial charge in [-0.1, -0.05) is 6.07 Å². The Morgan fingerprint density at radius 2 is 2.00 bits per heavy atom. The predicted octanol–water partition coefficient (Wildman–Crippen LogP) is 2.23. The molecule has 0 saturated heterocycles. The van der Waals surface area contributed by atoms with Gasteiger partial charge in [-0.3, -0.25) is 0 Å². The number of rotatable bonds is 1. The van der Waals surface area contributed by atoms with Gasteiger partial charge >= 0.3 is 0 Å². The first-order valence-corrected chi connectivity index (χ1v) is 7.54. The number of nitrogens with zero attached hydrogens (tertiary/aromatic N) is 1. The van der Waals surface area contributed by atoms with Crippen LogP contribution in [0.1, 0.15) is 36.3 Å². The zero-order valence-corrected chi connectivity index (χ0v) is 10.2. The van der Waals surface area contributed by atoms with Gasteiger partial charge in [-0.15, -0.1) is 0 Å². The van der Waals surface area contributed by atoms with Crippen LogP contribution in [0.15, 0.2) is 23.1 Å². The van der Waals surface area contributed by atoms with Crippen molar-refractivity contribution in [1.29, 1.82) is 5.26 Å². The second-order valence-corrected chi connectivity index (χ2v) is 6.99. The van der Waals surface area contributed by atoms with E-state index in [1.165, 1.54) is 12.8 Å². The Morgan fingerprint density at radius 1 is 1.24 bits per heavy atom. The highest BCUT2D eigenvalue weighted by Gasteiger charge is 2.39. The molecule has 1 fully saturated rings. The molecular formula is C13H13NO2S. The Balaban J connectivity index is 2.17. The first kappa shape index (κ1) is 10.8. The third kappa shape index (κ3) is 1.75. The van der Waals surface area contributed by atoms with Crippen molar-refractivity contribution in [2.24, 2.45) is 5.92 Å². The molecule has 4 heteroatoms. The molecule has 1 aromatic carbocycles. The maximum absolute atomic E-state index is 12.0. The number of fused-ring (bicyclic) bond motifs is 1. The minimum atomic E-state index is -3.16. The number of sulfone groups is 1. The van der Waals surface area contributed by atoms with Crippen LogP contribution in [0.5, 0.6) is 0 Å². The fourth-order valence-corrected chi connectivity index (χ4v) is 4.38. The van der Waals surface area contributed by atoms with Crippen LogP contribution < -0.4 is 0 Å². The van der Waals surface area contributed by atoms with Gasteiger partial charge in [0.1, 0.15) is 0 Å². The van der Waals surface area contributed by atoms with Gasteiger partial charge in [-0.05, 0) is 48.8 Å².